The van der Waals surface area contributed by atoms with Crippen LogP contribution in [0.2, 0.25) is 0 Å². The van der Waals surface area contributed by atoms with Crippen molar-refractivity contribution in [1.82, 2.24) is 9.97 Å². The standard InChI is InChI=1S/C18H14N4OS2/c1-11(20)13(7-19)15(23)9-25-18-16-14(12-5-3-2-4-6-12)8-24-17(16)21-10-22-18/h2-6,8,10,13,20H,9H2,1H3. The first-order chi connectivity index (χ1) is 12.1. The van der Waals surface area contributed by atoms with Gasteiger partial charge in [0.05, 0.1) is 17.2 Å². The van der Waals surface area contributed by atoms with E-state index in [-0.39, 0.29) is 17.2 Å². The van der Waals surface area contributed by atoms with E-state index in [2.05, 4.69) is 9.97 Å². The molecule has 0 bridgehead atoms. The lowest BCUT2D eigenvalue weighted by Gasteiger charge is -2.07. The third-order valence-electron chi connectivity index (χ3n) is 3.66. The Balaban J connectivity index is 1.92. The fourth-order valence-electron chi connectivity index (χ4n) is 2.42. The van der Waals surface area contributed by atoms with Crippen LogP contribution >= 0.6 is 23.1 Å². The maximum atomic E-state index is 12.2. The van der Waals surface area contributed by atoms with Crippen molar-refractivity contribution in [3.63, 3.8) is 0 Å². The number of aromatic nitrogens is 2. The molecular formula is C18H14N4OS2. The van der Waals surface area contributed by atoms with Crippen LogP contribution in [0.5, 0.6) is 0 Å². The molecule has 124 valence electrons. The van der Waals surface area contributed by atoms with Crippen molar-refractivity contribution in [2.24, 2.45) is 5.92 Å². The second-order valence-corrected chi connectivity index (χ2v) is 7.20. The summed E-state index contributed by atoms with van der Waals surface area (Å²) in [5, 5.41) is 20.3. The number of thioether (sulfide) groups is 1. The topological polar surface area (TPSA) is 90.5 Å². The molecule has 0 amide bonds. The van der Waals surface area contributed by atoms with E-state index in [0.717, 1.165) is 26.4 Å². The number of nitrogens with zero attached hydrogens (tertiary/aromatic N) is 3. The SMILES string of the molecule is CC(=N)C(C#N)C(=O)CSc1ncnc2scc(-c3ccccc3)c12. The summed E-state index contributed by atoms with van der Waals surface area (Å²) in [7, 11) is 0. The maximum absolute atomic E-state index is 12.2. The Morgan fingerprint density at radius 1 is 1.36 bits per heavy atom. The summed E-state index contributed by atoms with van der Waals surface area (Å²) in [4.78, 5) is 21.7. The highest BCUT2D eigenvalue weighted by Gasteiger charge is 2.21. The van der Waals surface area contributed by atoms with E-state index >= 15 is 0 Å². The molecule has 0 aliphatic carbocycles. The summed E-state index contributed by atoms with van der Waals surface area (Å²) >= 11 is 2.83. The molecule has 0 saturated heterocycles. The molecule has 0 radical (unpaired) electrons. The molecule has 1 unspecified atom stereocenters. The number of hydrogen-bond donors (Lipinski definition) is 1. The summed E-state index contributed by atoms with van der Waals surface area (Å²) in [5.74, 6) is -1.16. The highest BCUT2D eigenvalue weighted by atomic mass is 32.2. The number of benzene rings is 1. The zero-order valence-electron chi connectivity index (χ0n) is 13.4. The average Bonchev–Trinajstić information content (AvgIpc) is 3.05. The third-order valence-corrected chi connectivity index (χ3v) is 5.55. The molecule has 5 nitrogen and oxygen atoms in total. The van der Waals surface area contributed by atoms with Crippen molar-refractivity contribution in [2.45, 2.75) is 11.9 Å². The van der Waals surface area contributed by atoms with Gasteiger partial charge >= 0.3 is 0 Å². The highest BCUT2D eigenvalue weighted by molar-refractivity contribution is 8.00. The Hall–Kier alpha value is -2.56. The van der Waals surface area contributed by atoms with Gasteiger partial charge in [-0.3, -0.25) is 4.79 Å². The van der Waals surface area contributed by atoms with Gasteiger partial charge in [-0.2, -0.15) is 5.26 Å². The number of rotatable bonds is 6. The minimum atomic E-state index is -0.985. The van der Waals surface area contributed by atoms with Crippen LogP contribution in [0.1, 0.15) is 6.92 Å². The minimum Gasteiger partial charge on any atom is -0.308 e. The zero-order chi connectivity index (χ0) is 17.8. The van der Waals surface area contributed by atoms with Gasteiger partial charge in [-0.15, -0.1) is 11.3 Å². The number of nitriles is 1. The number of nitrogens with one attached hydrogen (secondary N) is 1. The Kier molecular flexibility index (Phi) is 5.22. The number of thiophene rings is 1. The van der Waals surface area contributed by atoms with Crippen molar-refractivity contribution >= 4 is 44.8 Å². The summed E-state index contributed by atoms with van der Waals surface area (Å²) in [6, 6.07) is 11.9. The van der Waals surface area contributed by atoms with Gasteiger partial charge in [0.15, 0.2) is 5.78 Å². The Morgan fingerprint density at radius 2 is 2.12 bits per heavy atom. The van der Waals surface area contributed by atoms with E-state index in [1.807, 2.05) is 41.8 Å². The van der Waals surface area contributed by atoms with Crippen LogP contribution in [0.25, 0.3) is 21.3 Å². The summed E-state index contributed by atoms with van der Waals surface area (Å²) in [6.45, 7) is 1.48. The monoisotopic (exact) mass is 366 g/mol. The fraction of sp³-hybridized carbons (Fsp3) is 0.167. The molecule has 3 rings (SSSR count). The van der Waals surface area contributed by atoms with Crippen LogP contribution in [-0.4, -0.2) is 27.2 Å². The van der Waals surface area contributed by atoms with E-state index in [9.17, 15) is 4.79 Å². The zero-order valence-corrected chi connectivity index (χ0v) is 15.0. The number of Topliss-reactive ketones (excluding diaryl/α,β-unsaturated/α-hetero) is 1. The molecular weight excluding hydrogens is 352 g/mol. The second-order valence-electron chi connectivity index (χ2n) is 5.37. The van der Waals surface area contributed by atoms with E-state index in [1.54, 1.807) is 0 Å². The lowest BCUT2D eigenvalue weighted by molar-refractivity contribution is -0.117. The Bertz CT molecular complexity index is 976. The van der Waals surface area contributed by atoms with Crippen molar-refractivity contribution in [3.8, 4) is 17.2 Å². The maximum Gasteiger partial charge on any atom is 0.165 e. The molecule has 0 spiro atoms. The van der Waals surface area contributed by atoms with Gasteiger partial charge in [0.2, 0.25) is 0 Å². The molecule has 1 N–H and O–H groups in total. The van der Waals surface area contributed by atoms with Gasteiger partial charge in [-0.25, -0.2) is 9.97 Å². The number of carbonyl (C=O) groups is 1. The van der Waals surface area contributed by atoms with Gasteiger partial charge in [0, 0.05) is 16.7 Å². The predicted molar refractivity (Wildman–Crippen MR) is 101 cm³/mol. The van der Waals surface area contributed by atoms with Crippen LogP contribution in [0.3, 0.4) is 0 Å². The number of fused-ring (bicyclic) bond motifs is 1. The number of ketones is 1. The smallest absolute Gasteiger partial charge is 0.165 e. The Labute approximate surface area is 153 Å². The molecule has 0 fully saturated rings. The van der Waals surface area contributed by atoms with Gasteiger partial charge < -0.3 is 5.41 Å². The quantitative estimate of drug-likeness (QED) is 0.401. The molecule has 1 aromatic carbocycles. The first kappa shape index (κ1) is 17.3. The van der Waals surface area contributed by atoms with Gasteiger partial charge in [-0.1, -0.05) is 42.1 Å². The second kappa shape index (κ2) is 7.55. The molecule has 7 heteroatoms. The van der Waals surface area contributed by atoms with Gasteiger partial charge in [0.1, 0.15) is 22.1 Å². The average molecular weight is 366 g/mol. The normalized spacial score (nSPS) is 11.8. The van der Waals surface area contributed by atoms with Crippen molar-refractivity contribution < 1.29 is 4.79 Å². The first-order valence-electron chi connectivity index (χ1n) is 7.49. The van der Waals surface area contributed by atoms with Crippen molar-refractivity contribution in [2.75, 3.05) is 5.75 Å². The lowest BCUT2D eigenvalue weighted by Crippen LogP contribution is -2.21. The van der Waals surface area contributed by atoms with Crippen LogP contribution in [-0.2, 0) is 4.79 Å². The van der Waals surface area contributed by atoms with Crippen LogP contribution in [0, 0.1) is 22.7 Å². The fourth-order valence-corrected chi connectivity index (χ4v) is 4.32. The predicted octanol–water partition coefficient (Wildman–Crippen LogP) is 4.20. The van der Waals surface area contributed by atoms with Crippen LogP contribution < -0.4 is 0 Å². The summed E-state index contributed by atoms with van der Waals surface area (Å²) in [6.07, 6.45) is 1.49. The van der Waals surface area contributed by atoms with Crippen molar-refractivity contribution in [3.05, 3.63) is 42.0 Å². The molecule has 0 aliphatic heterocycles. The van der Waals surface area contributed by atoms with Crippen LogP contribution in [0.15, 0.2) is 47.1 Å². The van der Waals surface area contributed by atoms with E-state index in [1.165, 1.54) is 36.3 Å². The van der Waals surface area contributed by atoms with E-state index in [4.69, 9.17) is 10.7 Å². The largest absolute Gasteiger partial charge is 0.308 e. The Morgan fingerprint density at radius 3 is 2.80 bits per heavy atom. The van der Waals surface area contributed by atoms with E-state index in [0.29, 0.717) is 0 Å². The molecule has 0 saturated carbocycles. The molecule has 2 aromatic heterocycles. The molecule has 2 heterocycles. The molecule has 0 aliphatic rings. The third kappa shape index (κ3) is 3.60. The first-order valence-corrected chi connectivity index (χ1v) is 9.36. The molecule has 1 atom stereocenters. The number of hydrogen-bond acceptors (Lipinski definition) is 7. The van der Waals surface area contributed by atoms with Gasteiger partial charge in [0.25, 0.3) is 0 Å². The van der Waals surface area contributed by atoms with Crippen LogP contribution in [0.4, 0.5) is 0 Å². The minimum absolute atomic E-state index is 0.0708. The summed E-state index contributed by atoms with van der Waals surface area (Å²) < 4.78 is 0. The number of carbonyl (C=O) groups excluding carboxylic acids is 1. The molecule has 3 aromatic rings. The lowest BCUT2D eigenvalue weighted by atomic mass is 10.0. The summed E-state index contributed by atoms with van der Waals surface area (Å²) in [5.41, 5.74) is 2.18. The van der Waals surface area contributed by atoms with E-state index < -0.39 is 5.92 Å². The van der Waals surface area contributed by atoms with Gasteiger partial charge in [-0.05, 0) is 12.5 Å². The highest BCUT2D eigenvalue weighted by Crippen LogP contribution is 2.37. The molecule has 25 heavy (non-hydrogen) atoms. The van der Waals surface area contributed by atoms with Crippen molar-refractivity contribution in [1.29, 1.82) is 10.7 Å².